The summed E-state index contributed by atoms with van der Waals surface area (Å²) in [6.07, 6.45) is 1.45. The summed E-state index contributed by atoms with van der Waals surface area (Å²) in [4.78, 5) is 0.0599. The molecule has 0 saturated carbocycles. The molecule has 5 nitrogen and oxygen atoms in total. The van der Waals surface area contributed by atoms with Crippen molar-refractivity contribution in [2.45, 2.75) is 31.5 Å². The molecule has 2 aromatic rings. The highest BCUT2D eigenvalue weighted by Crippen LogP contribution is 2.15. The number of hydrogen-bond acceptors (Lipinski definition) is 3. The lowest BCUT2D eigenvalue weighted by molar-refractivity contribution is 0.271. The van der Waals surface area contributed by atoms with Crippen LogP contribution in [0.3, 0.4) is 0 Å². The number of rotatable bonds is 6. The third-order valence-corrected chi connectivity index (χ3v) is 4.55. The molecule has 2 N–H and O–H groups in total. The highest BCUT2D eigenvalue weighted by Gasteiger charge is 2.18. The molecule has 0 aliphatic heterocycles. The molecular weight excluding hydrogens is 295 g/mol. The third kappa shape index (κ3) is 3.49. The molecule has 1 aromatic carbocycles. The van der Waals surface area contributed by atoms with Gasteiger partial charge in [-0.2, -0.15) is 0 Å². The number of aliphatic hydroxyl groups is 1. The Kier molecular flexibility index (Phi) is 4.76. The molecule has 0 spiro atoms. The molecule has 0 bridgehead atoms. The molecular formula is C14H17FN2O3S. The lowest BCUT2D eigenvalue weighted by Crippen LogP contribution is -2.23. The van der Waals surface area contributed by atoms with Crippen LogP contribution in [0.15, 0.2) is 41.4 Å². The molecule has 1 aromatic heterocycles. The summed E-state index contributed by atoms with van der Waals surface area (Å²) in [6, 6.07) is 7.40. The number of benzene rings is 1. The molecule has 0 amide bonds. The summed E-state index contributed by atoms with van der Waals surface area (Å²) >= 11 is 0. The van der Waals surface area contributed by atoms with Crippen molar-refractivity contribution in [1.29, 1.82) is 0 Å². The summed E-state index contributed by atoms with van der Waals surface area (Å²) in [6.45, 7) is 2.04. The maximum atomic E-state index is 13.5. The van der Waals surface area contributed by atoms with E-state index in [2.05, 4.69) is 4.72 Å². The molecule has 2 rings (SSSR count). The van der Waals surface area contributed by atoms with Crippen LogP contribution in [0.1, 0.15) is 18.2 Å². The number of nitrogens with one attached hydrogen (secondary N) is 1. The van der Waals surface area contributed by atoms with Crippen LogP contribution in [-0.4, -0.2) is 18.1 Å². The highest BCUT2D eigenvalue weighted by atomic mass is 32.2. The number of aryl methyl sites for hydroxylation is 1. The van der Waals surface area contributed by atoms with Gasteiger partial charge in [0.15, 0.2) is 0 Å². The van der Waals surface area contributed by atoms with Crippen LogP contribution in [0.2, 0.25) is 0 Å². The van der Waals surface area contributed by atoms with Crippen LogP contribution in [0.25, 0.3) is 0 Å². The predicted octanol–water partition coefficient (Wildman–Crippen LogP) is 1.62. The number of aromatic nitrogens is 1. The zero-order chi connectivity index (χ0) is 15.5. The lowest BCUT2D eigenvalue weighted by Gasteiger charge is -2.06. The van der Waals surface area contributed by atoms with Gasteiger partial charge in [-0.1, -0.05) is 18.2 Å². The topological polar surface area (TPSA) is 71.3 Å². The molecule has 21 heavy (non-hydrogen) atoms. The van der Waals surface area contributed by atoms with Crippen molar-refractivity contribution in [1.82, 2.24) is 9.29 Å². The van der Waals surface area contributed by atoms with Gasteiger partial charge >= 0.3 is 0 Å². The fraction of sp³-hybridized carbons (Fsp3) is 0.286. The van der Waals surface area contributed by atoms with Crippen LogP contribution in [0, 0.1) is 5.82 Å². The van der Waals surface area contributed by atoms with E-state index in [1.807, 2.05) is 6.92 Å². The van der Waals surface area contributed by atoms with E-state index in [9.17, 15) is 17.9 Å². The predicted molar refractivity (Wildman–Crippen MR) is 76.5 cm³/mol. The van der Waals surface area contributed by atoms with E-state index >= 15 is 0 Å². The maximum absolute atomic E-state index is 13.5. The first-order chi connectivity index (χ1) is 9.97. The van der Waals surface area contributed by atoms with Crippen molar-refractivity contribution in [3.63, 3.8) is 0 Å². The van der Waals surface area contributed by atoms with E-state index in [0.29, 0.717) is 12.2 Å². The fourth-order valence-corrected chi connectivity index (χ4v) is 3.07. The van der Waals surface area contributed by atoms with Crippen LogP contribution in [0.4, 0.5) is 4.39 Å². The largest absolute Gasteiger partial charge is 0.390 e. The van der Waals surface area contributed by atoms with Gasteiger partial charge in [0.1, 0.15) is 5.82 Å². The average Bonchev–Trinajstić information content (AvgIpc) is 2.90. The fourth-order valence-electron chi connectivity index (χ4n) is 2.00. The van der Waals surface area contributed by atoms with Gasteiger partial charge in [0.05, 0.1) is 11.5 Å². The number of nitrogens with zero attached hydrogens (tertiary/aromatic N) is 1. The standard InChI is InChI=1S/C14H17FN2O3S/c1-2-17-9-13(7-12(17)10-18)21(19,20)16-8-11-5-3-4-6-14(11)15/h3-7,9,16,18H,2,8,10H2,1H3. The molecule has 0 aliphatic rings. The second-order valence-electron chi connectivity index (χ2n) is 4.53. The van der Waals surface area contributed by atoms with Crippen LogP contribution in [0.5, 0.6) is 0 Å². The molecule has 0 radical (unpaired) electrons. The molecule has 0 atom stereocenters. The van der Waals surface area contributed by atoms with Gasteiger partial charge in [0.25, 0.3) is 0 Å². The first kappa shape index (κ1) is 15.7. The molecule has 1 heterocycles. The zero-order valence-corrected chi connectivity index (χ0v) is 12.4. The van der Waals surface area contributed by atoms with Gasteiger partial charge in [-0.25, -0.2) is 17.5 Å². The molecule has 0 saturated heterocycles. The molecule has 114 valence electrons. The summed E-state index contributed by atoms with van der Waals surface area (Å²) in [5.41, 5.74) is 0.794. The van der Waals surface area contributed by atoms with Crippen LogP contribution in [-0.2, 0) is 29.7 Å². The summed E-state index contributed by atoms with van der Waals surface area (Å²) in [7, 11) is -3.75. The van der Waals surface area contributed by atoms with E-state index in [-0.39, 0.29) is 23.6 Å². The Balaban J connectivity index is 2.19. The maximum Gasteiger partial charge on any atom is 0.242 e. The van der Waals surface area contributed by atoms with Crippen LogP contribution < -0.4 is 4.72 Å². The Morgan fingerprint density at radius 1 is 1.33 bits per heavy atom. The first-order valence-electron chi connectivity index (χ1n) is 6.51. The number of sulfonamides is 1. The van der Waals surface area contributed by atoms with E-state index in [0.717, 1.165) is 0 Å². The number of hydrogen-bond donors (Lipinski definition) is 2. The van der Waals surface area contributed by atoms with Crippen molar-refractivity contribution >= 4 is 10.0 Å². The number of halogens is 1. The molecule has 0 fully saturated rings. The Morgan fingerprint density at radius 2 is 2.05 bits per heavy atom. The molecule has 0 unspecified atom stereocenters. The smallest absolute Gasteiger partial charge is 0.242 e. The van der Waals surface area contributed by atoms with E-state index in [4.69, 9.17) is 0 Å². The Hall–Kier alpha value is -1.70. The normalized spacial score (nSPS) is 11.8. The van der Waals surface area contributed by atoms with Crippen molar-refractivity contribution < 1.29 is 17.9 Å². The van der Waals surface area contributed by atoms with Gasteiger partial charge < -0.3 is 9.67 Å². The summed E-state index contributed by atoms with van der Waals surface area (Å²) in [5.74, 6) is -0.456. The van der Waals surface area contributed by atoms with E-state index in [1.54, 1.807) is 16.7 Å². The van der Waals surface area contributed by atoms with Gasteiger partial charge in [-0.15, -0.1) is 0 Å². The average molecular weight is 312 g/mol. The minimum Gasteiger partial charge on any atom is -0.390 e. The minimum atomic E-state index is -3.75. The summed E-state index contributed by atoms with van der Waals surface area (Å²) < 4.78 is 41.9. The summed E-state index contributed by atoms with van der Waals surface area (Å²) in [5, 5.41) is 9.19. The molecule has 0 aliphatic carbocycles. The van der Waals surface area contributed by atoms with Crippen molar-refractivity contribution in [3.05, 3.63) is 53.6 Å². The van der Waals surface area contributed by atoms with Crippen molar-refractivity contribution in [2.75, 3.05) is 0 Å². The van der Waals surface area contributed by atoms with Gasteiger partial charge in [-0.3, -0.25) is 0 Å². The van der Waals surface area contributed by atoms with Crippen LogP contribution >= 0.6 is 0 Å². The minimum absolute atomic E-state index is 0.0599. The molecule has 7 heteroatoms. The SMILES string of the molecule is CCn1cc(S(=O)(=O)NCc2ccccc2F)cc1CO. The monoisotopic (exact) mass is 312 g/mol. The first-order valence-corrected chi connectivity index (χ1v) is 7.99. The van der Waals surface area contributed by atoms with Crippen molar-refractivity contribution in [2.24, 2.45) is 0 Å². The van der Waals surface area contributed by atoms with E-state index in [1.165, 1.54) is 24.4 Å². The van der Waals surface area contributed by atoms with Gasteiger partial charge in [-0.05, 0) is 19.1 Å². The Bertz CT molecular complexity index is 704. The Labute approximate surface area is 123 Å². The second-order valence-corrected chi connectivity index (χ2v) is 6.29. The third-order valence-electron chi connectivity index (χ3n) is 3.18. The zero-order valence-electron chi connectivity index (χ0n) is 11.6. The van der Waals surface area contributed by atoms with Gasteiger partial charge in [0.2, 0.25) is 10.0 Å². The quantitative estimate of drug-likeness (QED) is 0.851. The lowest BCUT2D eigenvalue weighted by atomic mass is 10.2. The van der Waals surface area contributed by atoms with E-state index < -0.39 is 15.8 Å². The van der Waals surface area contributed by atoms with Gasteiger partial charge in [0, 0.05) is 30.5 Å². The van der Waals surface area contributed by atoms with Crippen molar-refractivity contribution in [3.8, 4) is 0 Å². The second kappa shape index (κ2) is 6.38. The Morgan fingerprint density at radius 3 is 2.62 bits per heavy atom. The highest BCUT2D eigenvalue weighted by molar-refractivity contribution is 7.89. The number of aliphatic hydroxyl groups excluding tert-OH is 1.